The first-order valence-electron chi connectivity index (χ1n) is 15.6. The van der Waals surface area contributed by atoms with Crippen LogP contribution in [0.2, 0.25) is 0 Å². The number of likely N-dealkylation sites (tertiary alicyclic amines) is 2. The molecular weight excluding hydrogens is 566 g/mol. The highest BCUT2D eigenvalue weighted by atomic mass is 16.2. The van der Waals surface area contributed by atoms with Crippen LogP contribution in [-0.2, 0) is 11.3 Å². The van der Waals surface area contributed by atoms with Crippen LogP contribution >= 0.6 is 0 Å². The van der Waals surface area contributed by atoms with Crippen LogP contribution < -0.4 is 10.9 Å². The quantitative estimate of drug-likeness (QED) is 0.291. The summed E-state index contributed by atoms with van der Waals surface area (Å²) in [7, 11) is 2.16. The molecule has 5 aromatic rings. The summed E-state index contributed by atoms with van der Waals surface area (Å²) >= 11 is 0. The number of pyridine rings is 2. The standard InChI is InChI=1S/C34H37N9O2/c1-22-31(23(2)43(39-22)28-7-6-13-35-19-28)29-17-26-18-36-34(37-27-10-8-24(9-11-27)25-12-16-40(3)20-25)38-32(26)42(33(29)45)21-30(44)41-14-4-5-15-41/h6-11,13,17-19,25H,4-5,12,14-16,20-21H2,1-3H3,(H,36,37,38). The summed E-state index contributed by atoms with van der Waals surface area (Å²) in [6.07, 6.45) is 8.27. The first-order chi connectivity index (χ1) is 21.9. The van der Waals surface area contributed by atoms with Crippen LogP contribution in [0.3, 0.4) is 0 Å². The molecule has 45 heavy (non-hydrogen) atoms. The van der Waals surface area contributed by atoms with Crippen LogP contribution in [0.25, 0.3) is 27.8 Å². The van der Waals surface area contributed by atoms with Gasteiger partial charge >= 0.3 is 0 Å². The molecule has 0 saturated carbocycles. The Bertz CT molecular complexity index is 1930. The summed E-state index contributed by atoms with van der Waals surface area (Å²) in [5.41, 5.74) is 5.80. The van der Waals surface area contributed by atoms with Gasteiger partial charge in [-0.15, -0.1) is 0 Å². The number of hydrogen-bond donors (Lipinski definition) is 1. The fourth-order valence-corrected chi connectivity index (χ4v) is 6.68. The van der Waals surface area contributed by atoms with E-state index in [4.69, 9.17) is 10.1 Å². The van der Waals surface area contributed by atoms with Crippen molar-refractivity contribution in [2.75, 3.05) is 38.5 Å². The fourth-order valence-electron chi connectivity index (χ4n) is 6.68. The van der Waals surface area contributed by atoms with Gasteiger partial charge in [0.05, 0.1) is 23.1 Å². The van der Waals surface area contributed by atoms with Crippen molar-refractivity contribution in [3.8, 4) is 16.8 Å². The molecule has 1 atom stereocenters. The summed E-state index contributed by atoms with van der Waals surface area (Å²) in [4.78, 5) is 45.5. The lowest BCUT2D eigenvalue weighted by Gasteiger charge is -2.18. The summed E-state index contributed by atoms with van der Waals surface area (Å²) in [6, 6.07) is 14.0. The maximum atomic E-state index is 14.3. The third kappa shape index (κ3) is 5.59. The molecule has 0 radical (unpaired) electrons. The summed E-state index contributed by atoms with van der Waals surface area (Å²) in [5.74, 6) is 0.817. The van der Waals surface area contributed by atoms with Gasteiger partial charge in [0.1, 0.15) is 12.2 Å². The summed E-state index contributed by atoms with van der Waals surface area (Å²) in [6.45, 7) is 7.32. The number of likely N-dealkylation sites (N-methyl/N-ethyl adjacent to an activating group) is 1. The molecule has 1 aromatic carbocycles. The second-order valence-corrected chi connectivity index (χ2v) is 12.2. The Labute approximate surface area is 261 Å². The number of carbonyl (C=O) groups is 1. The number of aryl methyl sites for hydroxylation is 1. The molecule has 1 N–H and O–H groups in total. The van der Waals surface area contributed by atoms with Crippen molar-refractivity contribution in [3.63, 3.8) is 0 Å². The zero-order chi connectivity index (χ0) is 31.1. The predicted molar refractivity (Wildman–Crippen MR) is 174 cm³/mol. The molecule has 230 valence electrons. The van der Waals surface area contributed by atoms with Gasteiger partial charge in [0.15, 0.2) is 0 Å². The lowest BCUT2D eigenvalue weighted by atomic mass is 9.98. The number of fused-ring (bicyclic) bond motifs is 1. The van der Waals surface area contributed by atoms with Crippen LogP contribution in [0.5, 0.6) is 0 Å². The topological polar surface area (TPSA) is 114 Å². The average Bonchev–Trinajstić information content (AvgIpc) is 3.81. The normalized spacial score (nSPS) is 17.0. The Morgan fingerprint density at radius 1 is 1.04 bits per heavy atom. The lowest BCUT2D eigenvalue weighted by molar-refractivity contribution is -0.130. The zero-order valence-corrected chi connectivity index (χ0v) is 25.9. The SMILES string of the molecule is Cc1nn(-c2cccnc2)c(C)c1-c1cc2cnc(Nc3ccc(C4CCN(C)C4)cc3)nc2n(CC(=O)N2CCCC2)c1=O. The largest absolute Gasteiger partial charge is 0.341 e. The molecule has 4 aromatic heterocycles. The van der Waals surface area contributed by atoms with Crippen LogP contribution in [0.15, 0.2) is 65.8 Å². The lowest BCUT2D eigenvalue weighted by Crippen LogP contribution is -2.35. The molecule has 2 fully saturated rings. The Balaban J connectivity index is 1.28. The number of rotatable bonds is 7. The number of aromatic nitrogens is 6. The molecule has 2 saturated heterocycles. The van der Waals surface area contributed by atoms with E-state index in [1.54, 1.807) is 23.3 Å². The van der Waals surface area contributed by atoms with Crippen molar-refractivity contribution >= 4 is 28.6 Å². The molecule has 0 bridgehead atoms. The highest BCUT2D eigenvalue weighted by molar-refractivity contribution is 5.85. The second kappa shape index (κ2) is 11.9. The van der Waals surface area contributed by atoms with Gasteiger partial charge in [0.2, 0.25) is 11.9 Å². The minimum absolute atomic E-state index is 0.0891. The smallest absolute Gasteiger partial charge is 0.260 e. The average molecular weight is 604 g/mol. The number of hydrogen-bond acceptors (Lipinski definition) is 8. The van der Waals surface area contributed by atoms with Gasteiger partial charge in [-0.25, -0.2) is 9.67 Å². The molecule has 2 aliphatic rings. The maximum Gasteiger partial charge on any atom is 0.260 e. The van der Waals surface area contributed by atoms with E-state index < -0.39 is 0 Å². The highest BCUT2D eigenvalue weighted by Crippen LogP contribution is 2.30. The monoisotopic (exact) mass is 603 g/mol. The number of carbonyl (C=O) groups excluding carboxylic acids is 1. The molecule has 6 heterocycles. The van der Waals surface area contributed by atoms with Crippen LogP contribution in [0, 0.1) is 13.8 Å². The molecule has 7 rings (SSSR count). The minimum atomic E-state index is -0.289. The Kier molecular flexibility index (Phi) is 7.62. The van der Waals surface area contributed by atoms with E-state index in [0.717, 1.165) is 55.0 Å². The molecule has 0 spiro atoms. The number of nitrogens with zero attached hydrogens (tertiary/aromatic N) is 8. The molecular formula is C34H37N9O2. The summed E-state index contributed by atoms with van der Waals surface area (Å²) < 4.78 is 3.29. The Morgan fingerprint density at radius 2 is 1.84 bits per heavy atom. The third-order valence-corrected chi connectivity index (χ3v) is 9.06. The Hall–Kier alpha value is -4.90. The van der Waals surface area contributed by atoms with E-state index in [1.165, 1.54) is 10.1 Å². The van der Waals surface area contributed by atoms with Crippen molar-refractivity contribution in [3.05, 3.63) is 88.4 Å². The van der Waals surface area contributed by atoms with Gasteiger partial charge < -0.3 is 15.1 Å². The third-order valence-electron chi connectivity index (χ3n) is 9.06. The zero-order valence-electron chi connectivity index (χ0n) is 25.9. The van der Waals surface area contributed by atoms with Gasteiger partial charge in [-0.3, -0.25) is 19.1 Å². The van der Waals surface area contributed by atoms with E-state index in [2.05, 4.69) is 39.4 Å². The number of anilines is 2. The van der Waals surface area contributed by atoms with Gasteiger partial charge in [-0.1, -0.05) is 12.1 Å². The van der Waals surface area contributed by atoms with Gasteiger partial charge in [0.25, 0.3) is 5.56 Å². The van der Waals surface area contributed by atoms with Crippen molar-refractivity contribution in [1.29, 1.82) is 0 Å². The molecule has 1 unspecified atom stereocenters. The molecule has 1 amide bonds. The highest BCUT2D eigenvalue weighted by Gasteiger charge is 2.25. The number of amides is 1. The van der Waals surface area contributed by atoms with Crippen LogP contribution in [0.4, 0.5) is 11.6 Å². The first kappa shape index (κ1) is 28.8. The van der Waals surface area contributed by atoms with Crippen LogP contribution in [-0.4, -0.2) is 78.2 Å². The second-order valence-electron chi connectivity index (χ2n) is 12.2. The van der Waals surface area contributed by atoms with Crippen molar-refractivity contribution in [1.82, 2.24) is 39.1 Å². The van der Waals surface area contributed by atoms with E-state index in [9.17, 15) is 9.59 Å². The fraction of sp³-hybridized carbons (Fsp3) is 0.353. The van der Waals surface area contributed by atoms with Gasteiger partial charge in [-0.2, -0.15) is 10.1 Å². The van der Waals surface area contributed by atoms with Crippen molar-refractivity contribution in [2.24, 2.45) is 0 Å². The predicted octanol–water partition coefficient (Wildman–Crippen LogP) is 4.44. The first-order valence-corrected chi connectivity index (χ1v) is 15.6. The summed E-state index contributed by atoms with van der Waals surface area (Å²) in [5, 5.41) is 8.70. The van der Waals surface area contributed by atoms with E-state index in [0.29, 0.717) is 47.2 Å². The van der Waals surface area contributed by atoms with Gasteiger partial charge in [0, 0.05) is 54.4 Å². The van der Waals surface area contributed by atoms with Crippen LogP contribution in [0.1, 0.15) is 42.1 Å². The van der Waals surface area contributed by atoms with E-state index >= 15 is 0 Å². The minimum Gasteiger partial charge on any atom is -0.341 e. The van der Waals surface area contributed by atoms with E-state index in [1.807, 2.05) is 49.1 Å². The van der Waals surface area contributed by atoms with Gasteiger partial charge in [-0.05, 0) is 88.5 Å². The van der Waals surface area contributed by atoms with E-state index in [-0.39, 0.29) is 18.0 Å². The molecule has 11 nitrogen and oxygen atoms in total. The number of benzene rings is 1. The van der Waals surface area contributed by atoms with Crippen molar-refractivity contribution in [2.45, 2.75) is 45.6 Å². The Morgan fingerprint density at radius 3 is 2.56 bits per heavy atom. The number of nitrogens with one attached hydrogen (secondary N) is 1. The molecule has 0 aliphatic carbocycles. The van der Waals surface area contributed by atoms with Crippen molar-refractivity contribution < 1.29 is 4.79 Å². The maximum absolute atomic E-state index is 14.3. The molecule has 2 aliphatic heterocycles. The molecule has 11 heteroatoms.